The summed E-state index contributed by atoms with van der Waals surface area (Å²) in [5, 5.41) is 3.23. The fourth-order valence-electron chi connectivity index (χ4n) is 2.74. The SMILES string of the molecule is CCOC(=O)/C=c1\s/c(=C\c2ccc(Cl)c(Cl)c2)c(=O)n1CC(=O)Nc1cccc(F)c1. The molecule has 3 rings (SSSR count). The monoisotopic (exact) mass is 494 g/mol. The number of rotatable bonds is 6. The summed E-state index contributed by atoms with van der Waals surface area (Å²) in [4.78, 5) is 37.5. The van der Waals surface area contributed by atoms with Crippen molar-refractivity contribution in [3.05, 3.63) is 83.4 Å². The minimum absolute atomic E-state index is 0.160. The second-order valence-corrected chi connectivity index (χ2v) is 8.35. The van der Waals surface area contributed by atoms with Crippen molar-refractivity contribution in [2.45, 2.75) is 13.5 Å². The van der Waals surface area contributed by atoms with Crippen LogP contribution in [-0.4, -0.2) is 23.1 Å². The van der Waals surface area contributed by atoms with E-state index >= 15 is 0 Å². The summed E-state index contributed by atoms with van der Waals surface area (Å²) in [6, 6.07) is 10.3. The Bertz CT molecular complexity index is 1350. The molecule has 0 fully saturated rings. The maximum Gasteiger partial charge on any atom is 0.333 e. The summed E-state index contributed by atoms with van der Waals surface area (Å²) in [6.45, 7) is 1.43. The Morgan fingerprint density at radius 3 is 2.66 bits per heavy atom. The van der Waals surface area contributed by atoms with E-state index in [1.807, 2.05) is 0 Å². The van der Waals surface area contributed by atoms with Gasteiger partial charge in [0.2, 0.25) is 5.91 Å². The molecule has 3 aromatic rings. The largest absolute Gasteiger partial charge is 0.463 e. The molecule has 0 saturated heterocycles. The molecule has 0 saturated carbocycles. The number of amides is 1. The zero-order valence-corrected chi connectivity index (χ0v) is 19.1. The summed E-state index contributed by atoms with van der Waals surface area (Å²) >= 11 is 13.0. The van der Waals surface area contributed by atoms with Crippen molar-refractivity contribution in [3.8, 4) is 0 Å². The van der Waals surface area contributed by atoms with Crippen LogP contribution in [-0.2, 0) is 20.9 Å². The van der Waals surface area contributed by atoms with Gasteiger partial charge in [0.15, 0.2) is 0 Å². The number of hydrogen-bond donors (Lipinski definition) is 1. The second-order valence-electron chi connectivity index (χ2n) is 6.47. The molecule has 0 radical (unpaired) electrons. The van der Waals surface area contributed by atoms with E-state index in [1.54, 1.807) is 31.2 Å². The van der Waals surface area contributed by atoms with Crippen LogP contribution < -0.4 is 20.1 Å². The molecule has 6 nitrogen and oxygen atoms in total. The Balaban J connectivity index is 2.02. The maximum absolute atomic E-state index is 13.4. The molecule has 0 atom stereocenters. The lowest BCUT2D eigenvalue weighted by atomic mass is 10.2. The number of nitrogens with zero attached hydrogens (tertiary/aromatic N) is 1. The summed E-state index contributed by atoms with van der Waals surface area (Å²) in [6.07, 6.45) is 2.73. The van der Waals surface area contributed by atoms with Crippen molar-refractivity contribution in [3.63, 3.8) is 0 Å². The van der Waals surface area contributed by atoms with Crippen LogP contribution in [0, 0.1) is 5.82 Å². The van der Waals surface area contributed by atoms with Crippen LogP contribution in [0.5, 0.6) is 0 Å². The fourth-order valence-corrected chi connectivity index (χ4v) is 4.08. The third-order valence-corrected chi connectivity index (χ3v) is 5.91. The van der Waals surface area contributed by atoms with Gasteiger partial charge in [0.1, 0.15) is 17.0 Å². The van der Waals surface area contributed by atoms with Crippen LogP contribution in [0.15, 0.2) is 47.3 Å². The van der Waals surface area contributed by atoms with Crippen LogP contribution in [0.3, 0.4) is 0 Å². The smallest absolute Gasteiger partial charge is 0.333 e. The van der Waals surface area contributed by atoms with E-state index in [0.29, 0.717) is 15.6 Å². The minimum atomic E-state index is -0.644. The Morgan fingerprint density at radius 2 is 1.97 bits per heavy atom. The number of halogens is 3. The summed E-state index contributed by atoms with van der Waals surface area (Å²) in [5.41, 5.74) is 0.389. The van der Waals surface area contributed by atoms with Crippen LogP contribution in [0.4, 0.5) is 10.1 Å². The molecule has 1 heterocycles. The van der Waals surface area contributed by atoms with Gasteiger partial charge in [-0.3, -0.25) is 14.2 Å². The normalized spacial score (nSPS) is 12.1. The molecule has 0 aliphatic heterocycles. The number of anilines is 1. The fraction of sp³-hybridized carbons (Fsp3) is 0.136. The summed E-state index contributed by atoms with van der Waals surface area (Å²) in [7, 11) is 0. The number of hydrogen-bond acceptors (Lipinski definition) is 5. The summed E-state index contributed by atoms with van der Waals surface area (Å²) in [5.74, 6) is -1.71. The Morgan fingerprint density at radius 1 is 1.19 bits per heavy atom. The first kappa shape index (κ1) is 23.7. The van der Waals surface area contributed by atoms with Gasteiger partial charge in [-0.15, -0.1) is 11.3 Å². The Kier molecular flexibility index (Phi) is 7.84. The zero-order chi connectivity index (χ0) is 23.3. The third kappa shape index (κ3) is 6.06. The standard InChI is InChI=1S/C22H17Cl2FN2O4S/c1-2-31-21(29)11-20-27(12-19(28)26-15-5-3-4-14(25)10-15)22(30)18(32-20)9-13-6-7-16(23)17(24)8-13/h3-11H,2,12H2,1H3,(H,26,28)/b18-9-,20-11-. The van der Waals surface area contributed by atoms with E-state index in [4.69, 9.17) is 27.9 Å². The number of ether oxygens (including phenoxy) is 1. The van der Waals surface area contributed by atoms with Crippen molar-refractivity contribution in [2.24, 2.45) is 0 Å². The molecule has 166 valence electrons. The lowest BCUT2D eigenvalue weighted by molar-refractivity contribution is -0.135. The molecule has 0 aliphatic carbocycles. The number of carbonyl (C=O) groups excluding carboxylic acids is 2. The van der Waals surface area contributed by atoms with Crippen molar-refractivity contribution in [2.75, 3.05) is 11.9 Å². The van der Waals surface area contributed by atoms with E-state index < -0.39 is 23.3 Å². The lowest BCUT2D eigenvalue weighted by Gasteiger charge is -2.06. The number of benzene rings is 2. The molecule has 1 amide bonds. The molecule has 10 heteroatoms. The van der Waals surface area contributed by atoms with E-state index in [-0.39, 0.29) is 28.0 Å². The lowest BCUT2D eigenvalue weighted by Crippen LogP contribution is -2.36. The topological polar surface area (TPSA) is 77.4 Å². The number of aromatic nitrogens is 1. The minimum Gasteiger partial charge on any atom is -0.463 e. The van der Waals surface area contributed by atoms with Crippen molar-refractivity contribution in [1.29, 1.82) is 0 Å². The van der Waals surface area contributed by atoms with Gasteiger partial charge in [-0.2, -0.15) is 0 Å². The zero-order valence-electron chi connectivity index (χ0n) is 16.7. The van der Waals surface area contributed by atoms with Crippen LogP contribution in [0.1, 0.15) is 12.5 Å². The molecular weight excluding hydrogens is 478 g/mol. The van der Waals surface area contributed by atoms with E-state index in [2.05, 4.69) is 5.32 Å². The molecule has 1 aromatic heterocycles. The van der Waals surface area contributed by atoms with E-state index in [1.165, 1.54) is 18.2 Å². The van der Waals surface area contributed by atoms with Gasteiger partial charge in [-0.05, 0) is 48.9 Å². The van der Waals surface area contributed by atoms with E-state index in [0.717, 1.165) is 28.0 Å². The highest BCUT2D eigenvalue weighted by molar-refractivity contribution is 7.07. The van der Waals surface area contributed by atoms with Crippen LogP contribution in [0.2, 0.25) is 10.0 Å². The molecule has 2 aromatic carbocycles. The van der Waals surface area contributed by atoms with Crippen LogP contribution >= 0.6 is 34.5 Å². The highest BCUT2D eigenvalue weighted by atomic mass is 35.5. The second kappa shape index (κ2) is 10.6. The third-order valence-electron chi connectivity index (χ3n) is 4.12. The average molecular weight is 495 g/mol. The van der Waals surface area contributed by atoms with Gasteiger partial charge in [0.25, 0.3) is 5.56 Å². The molecule has 0 spiro atoms. The molecule has 0 bridgehead atoms. The van der Waals surface area contributed by atoms with Crippen molar-refractivity contribution >= 4 is 64.3 Å². The number of nitrogens with one attached hydrogen (secondary N) is 1. The van der Waals surface area contributed by atoms with Gasteiger partial charge in [-0.1, -0.05) is 35.3 Å². The first-order valence-corrected chi connectivity index (χ1v) is 10.9. The highest BCUT2D eigenvalue weighted by Crippen LogP contribution is 2.22. The molecular formula is C22H17Cl2FN2O4S. The molecule has 32 heavy (non-hydrogen) atoms. The predicted octanol–water partition coefficient (Wildman–Crippen LogP) is 3.17. The van der Waals surface area contributed by atoms with Gasteiger partial charge >= 0.3 is 5.97 Å². The molecule has 0 unspecified atom stereocenters. The molecule has 0 aliphatic rings. The first-order chi connectivity index (χ1) is 15.3. The molecule has 1 N–H and O–H groups in total. The maximum atomic E-state index is 13.4. The van der Waals surface area contributed by atoms with Gasteiger partial charge < -0.3 is 10.1 Å². The van der Waals surface area contributed by atoms with Crippen molar-refractivity contribution < 1.29 is 18.7 Å². The Hall–Kier alpha value is -2.94. The quantitative estimate of drug-likeness (QED) is 0.534. The van der Waals surface area contributed by atoms with Crippen LogP contribution in [0.25, 0.3) is 12.2 Å². The number of esters is 1. The van der Waals surface area contributed by atoms with Gasteiger partial charge in [0.05, 0.1) is 27.3 Å². The predicted molar refractivity (Wildman–Crippen MR) is 124 cm³/mol. The first-order valence-electron chi connectivity index (χ1n) is 9.37. The Labute approximate surface area is 196 Å². The van der Waals surface area contributed by atoms with Crippen molar-refractivity contribution in [1.82, 2.24) is 4.57 Å². The highest BCUT2D eigenvalue weighted by Gasteiger charge is 2.12. The number of thiazole rings is 1. The van der Waals surface area contributed by atoms with E-state index in [9.17, 15) is 18.8 Å². The van der Waals surface area contributed by atoms with Gasteiger partial charge in [-0.25, -0.2) is 9.18 Å². The number of carbonyl (C=O) groups is 2. The summed E-state index contributed by atoms with van der Waals surface area (Å²) < 4.78 is 20.0. The van der Waals surface area contributed by atoms with Gasteiger partial charge in [0, 0.05) is 5.69 Å². The average Bonchev–Trinajstić information content (AvgIpc) is 2.99.